The van der Waals surface area contributed by atoms with Gasteiger partial charge in [-0.05, 0) is 41.6 Å². The number of carbonyl (C=O) groups excluding carboxylic acids is 3. The predicted octanol–water partition coefficient (Wildman–Crippen LogP) is 4.22. The van der Waals surface area contributed by atoms with Gasteiger partial charge in [0.25, 0.3) is 5.91 Å². The molecule has 0 atom stereocenters. The number of hydrogen-bond acceptors (Lipinski definition) is 6. The lowest BCUT2D eigenvalue weighted by atomic mass is 10.1. The third-order valence-electron chi connectivity index (χ3n) is 5.61. The number of aromatic nitrogens is 2. The van der Waals surface area contributed by atoms with E-state index >= 15 is 0 Å². The monoisotopic (exact) mass is 478 g/mol. The molecule has 34 heavy (non-hydrogen) atoms. The van der Waals surface area contributed by atoms with Crippen molar-refractivity contribution in [2.75, 3.05) is 7.11 Å². The number of unbranched alkanes of at least 4 members (excludes halogenated alkanes) is 1. The Balaban J connectivity index is 1.66. The summed E-state index contributed by atoms with van der Waals surface area (Å²) in [5.41, 5.74) is 2.49. The number of hydrogen-bond donors (Lipinski definition) is 1. The number of nitrogens with one attached hydrogen (secondary N) is 1. The molecule has 4 rings (SSSR count). The van der Waals surface area contributed by atoms with Crippen LogP contribution in [0.3, 0.4) is 0 Å². The summed E-state index contributed by atoms with van der Waals surface area (Å²) in [7, 11) is 1.35. The summed E-state index contributed by atoms with van der Waals surface area (Å²) >= 11 is 1.53. The molecule has 3 heterocycles. The van der Waals surface area contributed by atoms with Crippen LogP contribution in [0.15, 0.2) is 53.7 Å². The Morgan fingerprint density at radius 3 is 2.65 bits per heavy atom. The molecule has 0 radical (unpaired) electrons. The fourth-order valence-corrected chi connectivity index (χ4v) is 4.46. The number of imidazole rings is 1. The van der Waals surface area contributed by atoms with Crippen molar-refractivity contribution in [2.24, 2.45) is 0 Å². The molecule has 0 aliphatic carbocycles. The molecule has 0 bridgehead atoms. The van der Waals surface area contributed by atoms with Gasteiger partial charge in [0, 0.05) is 17.8 Å². The highest BCUT2D eigenvalue weighted by molar-refractivity contribution is 7.09. The van der Waals surface area contributed by atoms with Gasteiger partial charge in [-0.15, -0.1) is 11.3 Å². The maximum absolute atomic E-state index is 12.6. The average molecular weight is 479 g/mol. The van der Waals surface area contributed by atoms with Crippen molar-refractivity contribution >= 4 is 35.3 Å². The van der Waals surface area contributed by atoms with Gasteiger partial charge in [0.1, 0.15) is 11.5 Å². The molecule has 0 unspecified atom stereocenters. The lowest BCUT2D eigenvalue weighted by Crippen LogP contribution is -2.27. The number of thiophene rings is 1. The van der Waals surface area contributed by atoms with Gasteiger partial charge in [-0.1, -0.05) is 31.5 Å². The van der Waals surface area contributed by atoms with Crippen LogP contribution < -0.4 is 5.32 Å². The summed E-state index contributed by atoms with van der Waals surface area (Å²) in [5.74, 6) is 0.0955. The quantitative estimate of drug-likeness (QED) is 0.282. The lowest BCUT2D eigenvalue weighted by Gasteiger charge is -2.15. The molecule has 1 N–H and O–H groups in total. The summed E-state index contributed by atoms with van der Waals surface area (Å²) in [5, 5.41) is 4.33. The van der Waals surface area contributed by atoms with Gasteiger partial charge in [0.2, 0.25) is 0 Å². The summed E-state index contributed by atoms with van der Waals surface area (Å²) in [6, 6.07) is 10.6. The number of ether oxygens (including phenoxy) is 1. The summed E-state index contributed by atoms with van der Waals surface area (Å²) < 4.78 is 6.82. The Kier molecular flexibility index (Phi) is 7.22. The SMILES string of the molecule is CCCCc1ncc(/C=C2/C(=O)NC(=O)N2Cc2cccs2)n1Cc1ccc(C(=O)OC)cc1. The Morgan fingerprint density at radius 1 is 1.18 bits per heavy atom. The largest absolute Gasteiger partial charge is 0.465 e. The third kappa shape index (κ3) is 5.09. The van der Waals surface area contributed by atoms with Gasteiger partial charge < -0.3 is 9.30 Å². The molecule has 2 aromatic heterocycles. The third-order valence-corrected chi connectivity index (χ3v) is 6.47. The van der Waals surface area contributed by atoms with E-state index < -0.39 is 11.9 Å². The van der Waals surface area contributed by atoms with Crippen LogP contribution in [0.1, 0.15) is 52.1 Å². The number of imide groups is 1. The molecule has 1 aliphatic rings. The minimum Gasteiger partial charge on any atom is -0.465 e. The van der Waals surface area contributed by atoms with Crippen molar-refractivity contribution in [3.63, 3.8) is 0 Å². The van der Waals surface area contributed by atoms with Gasteiger partial charge >= 0.3 is 12.0 Å². The predicted molar refractivity (Wildman–Crippen MR) is 129 cm³/mol. The Labute approximate surface area is 201 Å². The first-order chi connectivity index (χ1) is 16.5. The topological polar surface area (TPSA) is 93.5 Å². The fraction of sp³-hybridized carbons (Fsp3) is 0.280. The number of esters is 1. The molecule has 1 aromatic carbocycles. The average Bonchev–Trinajstić information content (AvgIpc) is 3.55. The molecule has 0 spiro atoms. The normalized spacial score (nSPS) is 14.6. The number of benzene rings is 1. The van der Waals surface area contributed by atoms with E-state index in [-0.39, 0.29) is 5.97 Å². The van der Waals surface area contributed by atoms with E-state index in [4.69, 9.17) is 4.74 Å². The smallest absolute Gasteiger partial charge is 0.337 e. The van der Waals surface area contributed by atoms with Crippen LogP contribution >= 0.6 is 11.3 Å². The first-order valence-corrected chi connectivity index (χ1v) is 12.0. The maximum Gasteiger partial charge on any atom is 0.337 e. The highest BCUT2D eigenvalue weighted by atomic mass is 32.1. The molecular formula is C25H26N4O4S. The minimum atomic E-state index is -0.430. The van der Waals surface area contributed by atoms with Crippen LogP contribution in [-0.4, -0.2) is 39.5 Å². The molecule has 0 saturated carbocycles. The number of urea groups is 1. The zero-order chi connectivity index (χ0) is 24.1. The van der Waals surface area contributed by atoms with E-state index in [2.05, 4.69) is 21.8 Å². The van der Waals surface area contributed by atoms with Crippen molar-refractivity contribution in [3.8, 4) is 0 Å². The van der Waals surface area contributed by atoms with Gasteiger partial charge in [-0.25, -0.2) is 14.6 Å². The standard InChI is InChI=1S/C25H26N4O4S/c1-3-4-7-22-26-14-19(28(22)15-17-8-10-18(11-9-17)24(31)33-2)13-21-23(30)27-25(32)29(21)16-20-6-5-12-34-20/h5-6,8-14H,3-4,7,15-16H2,1-2H3,(H,27,30,32)/b21-13-. The van der Waals surface area contributed by atoms with Crippen molar-refractivity contribution in [1.29, 1.82) is 0 Å². The number of aryl methyl sites for hydroxylation is 1. The van der Waals surface area contributed by atoms with E-state index in [1.165, 1.54) is 23.3 Å². The first kappa shape index (κ1) is 23.4. The van der Waals surface area contributed by atoms with Crippen LogP contribution in [0.4, 0.5) is 4.79 Å². The van der Waals surface area contributed by atoms with E-state index in [0.717, 1.165) is 41.2 Å². The Hall–Kier alpha value is -3.72. The zero-order valence-corrected chi connectivity index (χ0v) is 19.9. The molecular weight excluding hydrogens is 452 g/mol. The number of amides is 3. The van der Waals surface area contributed by atoms with Crippen LogP contribution in [0.2, 0.25) is 0 Å². The number of nitrogens with zero attached hydrogens (tertiary/aromatic N) is 3. The highest BCUT2D eigenvalue weighted by Crippen LogP contribution is 2.23. The first-order valence-electron chi connectivity index (χ1n) is 11.1. The van der Waals surface area contributed by atoms with E-state index in [1.54, 1.807) is 24.4 Å². The van der Waals surface area contributed by atoms with Crippen LogP contribution in [0.25, 0.3) is 6.08 Å². The van der Waals surface area contributed by atoms with Gasteiger partial charge in [-0.2, -0.15) is 0 Å². The van der Waals surface area contributed by atoms with Crippen molar-refractivity contribution < 1.29 is 19.1 Å². The second kappa shape index (κ2) is 10.5. The second-order valence-electron chi connectivity index (χ2n) is 7.93. The summed E-state index contributed by atoms with van der Waals surface area (Å²) in [6.45, 7) is 2.96. The van der Waals surface area contributed by atoms with Crippen LogP contribution in [0, 0.1) is 0 Å². The highest BCUT2D eigenvalue weighted by Gasteiger charge is 2.33. The fourth-order valence-electron chi connectivity index (χ4n) is 3.77. The number of methoxy groups -OCH3 is 1. The molecule has 176 valence electrons. The minimum absolute atomic E-state index is 0.294. The number of rotatable bonds is 9. The van der Waals surface area contributed by atoms with Crippen LogP contribution in [-0.2, 0) is 29.0 Å². The van der Waals surface area contributed by atoms with Crippen LogP contribution in [0.5, 0.6) is 0 Å². The molecule has 1 aliphatic heterocycles. The van der Waals surface area contributed by atoms with E-state index in [1.807, 2.05) is 29.6 Å². The van der Waals surface area contributed by atoms with Gasteiger partial charge in [0.15, 0.2) is 0 Å². The summed E-state index contributed by atoms with van der Waals surface area (Å²) in [6.07, 6.45) is 6.27. The van der Waals surface area contributed by atoms with Gasteiger partial charge in [-0.3, -0.25) is 15.0 Å². The van der Waals surface area contributed by atoms with Crippen molar-refractivity contribution in [2.45, 2.75) is 39.3 Å². The molecule has 1 saturated heterocycles. The maximum atomic E-state index is 12.6. The number of carbonyl (C=O) groups is 3. The van der Waals surface area contributed by atoms with E-state index in [9.17, 15) is 14.4 Å². The Bertz CT molecular complexity index is 1210. The second-order valence-corrected chi connectivity index (χ2v) is 8.96. The molecule has 3 aromatic rings. The molecule has 3 amide bonds. The van der Waals surface area contributed by atoms with E-state index in [0.29, 0.717) is 24.4 Å². The molecule has 1 fully saturated rings. The van der Waals surface area contributed by atoms with Crippen molar-refractivity contribution in [1.82, 2.24) is 19.8 Å². The van der Waals surface area contributed by atoms with Crippen molar-refractivity contribution in [3.05, 3.63) is 81.2 Å². The molecule has 8 nitrogen and oxygen atoms in total. The van der Waals surface area contributed by atoms with Gasteiger partial charge in [0.05, 0.1) is 31.1 Å². The molecule has 9 heteroatoms. The zero-order valence-electron chi connectivity index (χ0n) is 19.1. The Morgan fingerprint density at radius 2 is 1.97 bits per heavy atom. The lowest BCUT2D eigenvalue weighted by molar-refractivity contribution is -0.116. The summed E-state index contributed by atoms with van der Waals surface area (Å²) in [4.78, 5) is 43.8.